The smallest absolute Gasteiger partial charge is 0.368 e. The maximum absolute atomic E-state index is 15.5. The van der Waals surface area contributed by atoms with Gasteiger partial charge in [0.1, 0.15) is 16.4 Å². The molecule has 3 aromatic heterocycles. The predicted octanol–water partition coefficient (Wildman–Crippen LogP) is 2.72. The zero-order valence-electron chi connectivity index (χ0n) is 18.6. The number of hydrogen-bond acceptors (Lipinski definition) is 7. The number of halogens is 5. The number of benzene rings is 1. The Morgan fingerprint density at radius 3 is 2.44 bits per heavy atom. The zero-order chi connectivity index (χ0) is 26.7. The van der Waals surface area contributed by atoms with Crippen molar-refractivity contribution >= 4 is 32.7 Å². The van der Waals surface area contributed by atoms with Crippen LogP contribution in [0.1, 0.15) is 11.4 Å². The Morgan fingerprint density at radius 1 is 1.14 bits per heavy atom. The van der Waals surface area contributed by atoms with E-state index in [0.717, 1.165) is 24.6 Å². The number of aryl methyl sites for hydroxylation is 3. The van der Waals surface area contributed by atoms with E-state index in [1.807, 2.05) is 0 Å². The Bertz CT molecular complexity index is 1710. The second-order valence-corrected chi connectivity index (χ2v) is 9.32. The van der Waals surface area contributed by atoms with Crippen LogP contribution in [0.25, 0.3) is 22.2 Å². The molecule has 0 amide bonds. The number of nitrogens with zero attached hydrogens (tertiary/aromatic N) is 5. The number of sulfonamides is 1. The van der Waals surface area contributed by atoms with E-state index in [2.05, 4.69) is 15.1 Å². The van der Waals surface area contributed by atoms with Crippen LogP contribution in [0.5, 0.6) is 0 Å². The number of anilines is 2. The van der Waals surface area contributed by atoms with Gasteiger partial charge in [0.25, 0.3) is 15.6 Å². The predicted molar refractivity (Wildman–Crippen MR) is 118 cm³/mol. The molecule has 0 radical (unpaired) electrons. The van der Waals surface area contributed by atoms with Crippen molar-refractivity contribution in [3.63, 3.8) is 0 Å². The van der Waals surface area contributed by atoms with E-state index in [-0.39, 0.29) is 17.0 Å². The zero-order valence-corrected chi connectivity index (χ0v) is 19.5. The van der Waals surface area contributed by atoms with Gasteiger partial charge in [0.15, 0.2) is 11.5 Å². The molecule has 0 fully saturated rings. The molecule has 0 aliphatic heterocycles. The highest BCUT2D eigenvalue weighted by Crippen LogP contribution is 2.37. The number of nitrogen functional groups attached to an aromatic ring is 1. The molecule has 190 valence electrons. The first kappa shape index (κ1) is 25.0. The molecule has 36 heavy (non-hydrogen) atoms. The molecule has 3 heterocycles. The van der Waals surface area contributed by atoms with Crippen molar-refractivity contribution in [3.8, 4) is 11.1 Å². The average molecular weight is 529 g/mol. The topological polar surface area (TPSA) is 138 Å². The summed E-state index contributed by atoms with van der Waals surface area (Å²) in [6.07, 6.45) is -3.89. The van der Waals surface area contributed by atoms with Crippen LogP contribution in [0.3, 0.4) is 0 Å². The molecule has 10 nitrogen and oxygen atoms in total. The Hall–Kier alpha value is -4.08. The first-order valence-corrected chi connectivity index (χ1v) is 11.4. The van der Waals surface area contributed by atoms with E-state index in [4.69, 9.17) is 5.73 Å². The highest BCUT2D eigenvalue weighted by atomic mass is 32.2. The molecule has 0 aliphatic carbocycles. The van der Waals surface area contributed by atoms with Gasteiger partial charge < -0.3 is 5.73 Å². The van der Waals surface area contributed by atoms with Crippen molar-refractivity contribution in [2.24, 2.45) is 14.1 Å². The molecule has 0 aliphatic rings. The fraction of sp³-hybridized carbons (Fsp3) is 0.200. The van der Waals surface area contributed by atoms with Crippen molar-refractivity contribution in [2.45, 2.75) is 18.0 Å². The number of aromatic nitrogens is 5. The summed E-state index contributed by atoms with van der Waals surface area (Å²) in [7, 11) is -2.89. The van der Waals surface area contributed by atoms with Crippen molar-refractivity contribution < 1.29 is 30.4 Å². The van der Waals surface area contributed by atoms with Crippen LogP contribution in [0, 0.1) is 18.6 Å². The number of fused-ring (bicyclic) bond motifs is 1. The first-order valence-electron chi connectivity index (χ1n) is 9.87. The molecule has 0 unspecified atom stereocenters. The largest absolute Gasteiger partial charge is 0.434 e. The third kappa shape index (κ3) is 4.02. The van der Waals surface area contributed by atoms with Crippen molar-refractivity contribution in [3.05, 3.63) is 57.8 Å². The summed E-state index contributed by atoms with van der Waals surface area (Å²) in [4.78, 5) is 19.3. The Labute approximate surface area is 199 Å². The van der Waals surface area contributed by atoms with E-state index < -0.39 is 66.5 Å². The van der Waals surface area contributed by atoms with Crippen LogP contribution in [0.2, 0.25) is 0 Å². The first-order chi connectivity index (χ1) is 16.6. The van der Waals surface area contributed by atoms with Gasteiger partial charge in [-0.2, -0.15) is 23.3 Å². The van der Waals surface area contributed by atoms with Crippen LogP contribution in [0.15, 0.2) is 34.1 Å². The van der Waals surface area contributed by atoms with Crippen molar-refractivity contribution in [1.29, 1.82) is 0 Å². The summed E-state index contributed by atoms with van der Waals surface area (Å²) < 4.78 is 99.6. The summed E-state index contributed by atoms with van der Waals surface area (Å²) in [5.41, 5.74) is 0.292. The summed E-state index contributed by atoms with van der Waals surface area (Å²) in [5, 5.41) is 3.69. The lowest BCUT2D eigenvalue weighted by Gasteiger charge is -2.15. The third-order valence-corrected chi connectivity index (χ3v) is 6.79. The van der Waals surface area contributed by atoms with E-state index in [1.54, 1.807) is 4.72 Å². The van der Waals surface area contributed by atoms with Crippen LogP contribution < -0.4 is 16.0 Å². The van der Waals surface area contributed by atoms with Gasteiger partial charge in [0.2, 0.25) is 5.95 Å². The highest BCUT2D eigenvalue weighted by Gasteiger charge is 2.43. The summed E-state index contributed by atoms with van der Waals surface area (Å²) >= 11 is 0. The quantitative estimate of drug-likeness (QED) is 0.388. The van der Waals surface area contributed by atoms with E-state index in [0.29, 0.717) is 16.8 Å². The second kappa shape index (κ2) is 8.25. The van der Waals surface area contributed by atoms with E-state index >= 15 is 4.39 Å². The normalized spacial score (nSPS) is 12.3. The van der Waals surface area contributed by atoms with Gasteiger partial charge in [-0.3, -0.25) is 18.8 Å². The number of rotatable bonds is 4. The van der Waals surface area contributed by atoms with Crippen LogP contribution in [0.4, 0.5) is 33.6 Å². The van der Waals surface area contributed by atoms with Gasteiger partial charge in [-0.05, 0) is 25.1 Å². The van der Waals surface area contributed by atoms with Crippen molar-refractivity contribution in [1.82, 2.24) is 24.3 Å². The van der Waals surface area contributed by atoms with Crippen molar-refractivity contribution in [2.75, 3.05) is 10.5 Å². The SMILES string of the molecule is Cc1nn(C)c(C(F)(F)F)c1S(=O)(=O)Nc1ccc(F)c(-c2cc3cnc(N)nc3n(C)c2=O)c1F. The third-order valence-electron chi connectivity index (χ3n) is 5.28. The number of pyridine rings is 1. The molecule has 0 bridgehead atoms. The van der Waals surface area contributed by atoms with Crippen LogP contribution >= 0.6 is 0 Å². The maximum atomic E-state index is 15.5. The molecular formula is C20H16F5N7O3S. The summed E-state index contributed by atoms with van der Waals surface area (Å²) in [6.45, 7) is 1.03. The average Bonchev–Trinajstić information content (AvgIpc) is 3.09. The minimum atomic E-state index is -5.10. The fourth-order valence-electron chi connectivity index (χ4n) is 3.79. The Balaban J connectivity index is 1.90. The van der Waals surface area contributed by atoms with Gasteiger partial charge in [-0.1, -0.05) is 0 Å². The molecule has 4 aromatic rings. The number of nitrogens with two attached hydrogens (primary N) is 1. The standard InChI is InChI=1S/C20H16F5N7O3S/c1-8-15(16(20(23,24)25)32(3)29-8)36(34,35)30-12-5-4-11(21)13(14(12)22)10-6-9-7-27-19(26)28-17(9)31(2)18(10)33/h4-7,30H,1-3H3,(H2,26,27,28). The number of hydrogen-bond donors (Lipinski definition) is 2. The van der Waals surface area contributed by atoms with E-state index in [1.165, 1.54) is 13.2 Å². The fourth-order valence-corrected chi connectivity index (χ4v) is 5.27. The number of nitrogens with one attached hydrogen (secondary N) is 1. The molecule has 4 rings (SSSR count). The van der Waals surface area contributed by atoms with Gasteiger partial charge in [-0.25, -0.2) is 22.2 Å². The lowest BCUT2D eigenvalue weighted by Crippen LogP contribution is -2.22. The van der Waals surface area contributed by atoms with Gasteiger partial charge >= 0.3 is 6.18 Å². The molecule has 0 spiro atoms. The van der Waals surface area contributed by atoms with Crippen LogP contribution in [-0.4, -0.2) is 32.7 Å². The van der Waals surface area contributed by atoms with Crippen LogP contribution in [-0.2, 0) is 30.3 Å². The molecule has 1 aromatic carbocycles. The molecule has 0 saturated carbocycles. The minimum Gasteiger partial charge on any atom is -0.368 e. The molecule has 3 N–H and O–H groups in total. The Morgan fingerprint density at radius 2 is 1.81 bits per heavy atom. The molecule has 16 heteroatoms. The maximum Gasteiger partial charge on any atom is 0.434 e. The minimum absolute atomic E-state index is 0.0701. The summed E-state index contributed by atoms with van der Waals surface area (Å²) in [5.74, 6) is -2.90. The second-order valence-electron chi connectivity index (χ2n) is 7.70. The number of alkyl halides is 3. The molecule has 0 saturated heterocycles. The Kier molecular flexibility index (Phi) is 5.74. The van der Waals surface area contributed by atoms with Gasteiger partial charge in [0, 0.05) is 25.7 Å². The van der Waals surface area contributed by atoms with Gasteiger partial charge in [-0.15, -0.1) is 0 Å². The summed E-state index contributed by atoms with van der Waals surface area (Å²) in [6, 6.07) is 2.43. The lowest BCUT2D eigenvalue weighted by atomic mass is 10.0. The van der Waals surface area contributed by atoms with E-state index in [9.17, 15) is 30.8 Å². The molecular weight excluding hydrogens is 513 g/mol. The van der Waals surface area contributed by atoms with Gasteiger partial charge in [0.05, 0.1) is 22.5 Å². The lowest BCUT2D eigenvalue weighted by molar-refractivity contribution is -0.146. The molecule has 0 atom stereocenters. The highest BCUT2D eigenvalue weighted by molar-refractivity contribution is 7.92. The monoisotopic (exact) mass is 529 g/mol.